The van der Waals surface area contributed by atoms with Crippen molar-refractivity contribution in [2.45, 2.75) is 47.1 Å². The Bertz CT molecular complexity index is 920. The molecule has 2 aromatic rings. The van der Waals surface area contributed by atoms with Gasteiger partial charge in [-0.3, -0.25) is 14.4 Å². The number of nitrogens with zero attached hydrogens (tertiary/aromatic N) is 1. The number of amides is 3. The summed E-state index contributed by atoms with van der Waals surface area (Å²) in [5.74, 6) is -0.441. The molecule has 166 valence electrons. The van der Waals surface area contributed by atoms with Gasteiger partial charge >= 0.3 is 0 Å². The number of hydrogen-bond acceptors (Lipinski definition) is 3. The highest BCUT2D eigenvalue weighted by molar-refractivity contribution is 6.02. The number of hydrogen-bond donors (Lipinski definition) is 2. The van der Waals surface area contributed by atoms with Crippen LogP contribution in [0.4, 0.5) is 5.69 Å². The van der Waals surface area contributed by atoms with E-state index >= 15 is 0 Å². The fraction of sp³-hybridized carbons (Fsp3) is 0.400. The molecule has 0 radical (unpaired) electrons. The van der Waals surface area contributed by atoms with E-state index in [2.05, 4.69) is 10.6 Å². The lowest BCUT2D eigenvalue weighted by Gasteiger charge is -2.21. The van der Waals surface area contributed by atoms with E-state index in [1.54, 1.807) is 41.3 Å². The van der Waals surface area contributed by atoms with Gasteiger partial charge in [0.25, 0.3) is 11.8 Å². The van der Waals surface area contributed by atoms with Crippen molar-refractivity contribution in [2.24, 2.45) is 5.92 Å². The largest absolute Gasteiger partial charge is 0.340 e. The highest BCUT2D eigenvalue weighted by atomic mass is 16.2. The van der Waals surface area contributed by atoms with Gasteiger partial charge in [-0.05, 0) is 62.9 Å². The minimum Gasteiger partial charge on any atom is -0.340 e. The van der Waals surface area contributed by atoms with Crippen LogP contribution in [-0.2, 0) is 4.79 Å². The molecule has 6 nitrogen and oxygen atoms in total. The van der Waals surface area contributed by atoms with Crippen molar-refractivity contribution in [2.75, 3.05) is 18.4 Å². The van der Waals surface area contributed by atoms with Crippen LogP contribution in [0.15, 0.2) is 48.5 Å². The molecule has 0 aliphatic heterocycles. The molecule has 2 rings (SSSR count). The molecule has 0 aliphatic rings. The van der Waals surface area contributed by atoms with Gasteiger partial charge < -0.3 is 15.5 Å². The summed E-state index contributed by atoms with van der Waals surface area (Å²) < 4.78 is 0. The Balaban J connectivity index is 2.17. The van der Waals surface area contributed by atoms with Gasteiger partial charge in [-0.1, -0.05) is 38.1 Å². The standard InChI is InChI=1S/C25H33N3O3/c1-6-28(7-2)25(31)19-12-10-13-20(16-19)26-24(30)22(15-17(3)4)27-23(29)21-14-9-8-11-18(21)5/h8-14,16-17,22H,6-7,15H2,1-5H3,(H,26,30)(H,27,29). The van der Waals surface area contributed by atoms with Crippen molar-refractivity contribution in [1.29, 1.82) is 0 Å². The smallest absolute Gasteiger partial charge is 0.253 e. The lowest BCUT2D eigenvalue weighted by atomic mass is 10.0. The Labute approximate surface area is 185 Å². The van der Waals surface area contributed by atoms with E-state index in [1.165, 1.54) is 0 Å². The first kappa shape index (κ1) is 24.1. The molecule has 0 bridgehead atoms. The van der Waals surface area contributed by atoms with Gasteiger partial charge in [0.15, 0.2) is 0 Å². The molecular weight excluding hydrogens is 390 g/mol. The molecule has 3 amide bonds. The molecule has 0 saturated carbocycles. The number of nitrogens with one attached hydrogen (secondary N) is 2. The lowest BCUT2D eigenvalue weighted by Crippen LogP contribution is -2.44. The average Bonchev–Trinajstić information content (AvgIpc) is 2.74. The summed E-state index contributed by atoms with van der Waals surface area (Å²) in [6.45, 7) is 11.0. The molecule has 0 spiro atoms. The zero-order valence-corrected chi connectivity index (χ0v) is 19.1. The first-order chi connectivity index (χ1) is 14.8. The number of benzene rings is 2. The molecular formula is C25H33N3O3. The third-order valence-electron chi connectivity index (χ3n) is 5.15. The monoisotopic (exact) mass is 423 g/mol. The molecule has 2 N–H and O–H groups in total. The van der Waals surface area contributed by atoms with Crippen molar-refractivity contribution < 1.29 is 14.4 Å². The highest BCUT2D eigenvalue weighted by Gasteiger charge is 2.23. The van der Waals surface area contributed by atoms with Crippen molar-refractivity contribution in [3.05, 3.63) is 65.2 Å². The quantitative estimate of drug-likeness (QED) is 0.633. The molecule has 0 heterocycles. The van der Waals surface area contributed by atoms with E-state index in [4.69, 9.17) is 0 Å². The second-order valence-corrected chi connectivity index (χ2v) is 8.02. The van der Waals surface area contributed by atoms with Crippen molar-refractivity contribution in [1.82, 2.24) is 10.2 Å². The minimum absolute atomic E-state index is 0.0762. The minimum atomic E-state index is -0.686. The van der Waals surface area contributed by atoms with E-state index < -0.39 is 6.04 Å². The van der Waals surface area contributed by atoms with Crippen LogP contribution >= 0.6 is 0 Å². The van der Waals surface area contributed by atoms with Gasteiger partial charge in [0.2, 0.25) is 5.91 Å². The first-order valence-electron chi connectivity index (χ1n) is 10.8. The Kier molecular flexibility index (Phi) is 8.79. The average molecular weight is 424 g/mol. The van der Waals surface area contributed by atoms with E-state index in [-0.39, 0.29) is 23.6 Å². The van der Waals surface area contributed by atoms with Gasteiger partial charge in [-0.25, -0.2) is 0 Å². The Morgan fingerprint density at radius 2 is 1.65 bits per heavy atom. The number of carbonyl (C=O) groups excluding carboxylic acids is 3. The number of aryl methyl sites for hydroxylation is 1. The van der Waals surface area contributed by atoms with E-state index in [0.29, 0.717) is 36.3 Å². The molecule has 0 fully saturated rings. The number of carbonyl (C=O) groups is 3. The summed E-state index contributed by atoms with van der Waals surface area (Å²) in [5.41, 5.74) is 2.45. The van der Waals surface area contributed by atoms with Gasteiger partial charge in [0.05, 0.1) is 0 Å². The maximum atomic E-state index is 13.0. The van der Waals surface area contributed by atoms with Crippen LogP contribution in [0, 0.1) is 12.8 Å². The van der Waals surface area contributed by atoms with Crippen LogP contribution in [0.25, 0.3) is 0 Å². The number of rotatable bonds is 9. The summed E-state index contributed by atoms with van der Waals surface area (Å²) in [5, 5.41) is 5.74. The molecule has 0 saturated heterocycles. The van der Waals surface area contributed by atoms with E-state index in [0.717, 1.165) is 5.56 Å². The van der Waals surface area contributed by atoms with Crippen LogP contribution in [0.1, 0.15) is 60.4 Å². The maximum Gasteiger partial charge on any atom is 0.253 e. The predicted molar refractivity (Wildman–Crippen MR) is 124 cm³/mol. The van der Waals surface area contributed by atoms with Crippen molar-refractivity contribution in [3.8, 4) is 0 Å². The summed E-state index contributed by atoms with van der Waals surface area (Å²) >= 11 is 0. The Hall–Kier alpha value is -3.15. The summed E-state index contributed by atoms with van der Waals surface area (Å²) in [6, 6.07) is 13.5. The third-order valence-corrected chi connectivity index (χ3v) is 5.15. The van der Waals surface area contributed by atoms with Gasteiger partial charge in [-0.2, -0.15) is 0 Å². The summed E-state index contributed by atoms with van der Waals surface area (Å²) in [7, 11) is 0. The molecule has 1 unspecified atom stereocenters. The molecule has 0 aromatic heterocycles. The molecule has 6 heteroatoms. The van der Waals surface area contributed by atoms with Crippen LogP contribution in [0.2, 0.25) is 0 Å². The first-order valence-corrected chi connectivity index (χ1v) is 10.8. The third kappa shape index (κ3) is 6.67. The maximum absolute atomic E-state index is 13.0. The van der Waals surface area contributed by atoms with Gasteiger partial charge in [0.1, 0.15) is 6.04 Å². The summed E-state index contributed by atoms with van der Waals surface area (Å²) in [4.78, 5) is 40.1. The Morgan fingerprint density at radius 1 is 0.968 bits per heavy atom. The highest BCUT2D eigenvalue weighted by Crippen LogP contribution is 2.15. The molecule has 1 atom stereocenters. The van der Waals surface area contributed by atoms with Gasteiger partial charge in [0, 0.05) is 29.9 Å². The zero-order valence-electron chi connectivity index (χ0n) is 19.1. The zero-order chi connectivity index (χ0) is 23.0. The lowest BCUT2D eigenvalue weighted by molar-refractivity contribution is -0.118. The van der Waals surface area contributed by atoms with Crippen LogP contribution in [0.5, 0.6) is 0 Å². The normalized spacial score (nSPS) is 11.7. The van der Waals surface area contributed by atoms with Crippen LogP contribution in [-0.4, -0.2) is 41.8 Å². The van der Waals surface area contributed by atoms with Crippen molar-refractivity contribution in [3.63, 3.8) is 0 Å². The summed E-state index contributed by atoms with van der Waals surface area (Å²) in [6.07, 6.45) is 0.502. The SMILES string of the molecule is CCN(CC)C(=O)c1cccc(NC(=O)C(CC(C)C)NC(=O)c2ccccc2C)c1. The molecule has 2 aromatic carbocycles. The topological polar surface area (TPSA) is 78.5 Å². The second-order valence-electron chi connectivity index (χ2n) is 8.02. The van der Waals surface area contributed by atoms with E-state index in [9.17, 15) is 14.4 Å². The van der Waals surface area contributed by atoms with Crippen molar-refractivity contribution >= 4 is 23.4 Å². The predicted octanol–water partition coefficient (Wildman–Crippen LogP) is 4.26. The second kappa shape index (κ2) is 11.3. The number of anilines is 1. The molecule has 0 aliphatic carbocycles. The molecule has 31 heavy (non-hydrogen) atoms. The Morgan fingerprint density at radius 3 is 2.26 bits per heavy atom. The van der Waals surface area contributed by atoms with E-state index in [1.807, 2.05) is 46.8 Å². The van der Waals surface area contributed by atoms with Crippen LogP contribution < -0.4 is 10.6 Å². The van der Waals surface area contributed by atoms with Crippen LogP contribution in [0.3, 0.4) is 0 Å². The van der Waals surface area contributed by atoms with Gasteiger partial charge in [-0.15, -0.1) is 0 Å². The fourth-order valence-corrected chi connectivity index (χ4v) is 3.42. The fourth-order valence-electron chi connectivity index (χ4n) is 3.42.